The largest absolute Gasteiger partial charge is 0.396 e. The molecular formula is C11H17N7O. The Morgan fingerprint density at radius 2 is 2.21 bits per heavy atom. The Bertz CT molecular complexity index is 584. The van der Waals surface area contributed by atoms with Gasteiger partial charge in [0.1, 0.15) is 18.7 Å². The standard InChI is InChI=1S/C11H17N7O/c1-7(2)3-18-9(14-6-15-18)5-17-4-8(12)10(16-17)11(13)19/h4,6-7H,3,5,12H2,1-2H3,(H2,13,19). The van der Waals surface area contributed by atoms with E-state index in [0.717, 1.165) is 12.4 Å². The first kappa shape index (κ1) is 13.1. The first-order chi connectivity index (χ1) is 8.97. The average molecular weight is 263 g/mol. The summed E-state index contributed by atoms with van der Waals surface area (Å²) in [5.41, 5.74) is 11.2. The molecule has 0 aliphatic carbocycles. The van der Waals surface area contributed by atoms with Gasteiger partial charge in [-0.25, -0.2) is 9.67 Å². The number of anilines is 1. The van der Waals surface area contributed by atoms with Crippen molar-refractivity contribution >= 4 is 11.6 Å². The van der Waals surface area contributed by atoms with Gasteiger partial charge in [0.05, 0.1) is 5.69 Å². The van der Waals surface area contributed by atoms with Gasteiger partial charge < -0.3 is 11.5 Å². The average Bonchev–Trinajstić information content (AvgIpc) is 2.86. The number of hydrogen-bond donors (Lipinski definition) is 2. The Labute approximate surface area is 110 Å². The Morgan fingerprint density at radius 3 is 2.79 bits per heavy atom. The predicted molar refractivity (Wildman–Crippen MR) is 69.1 cm³/mol. The Kier molecular flexibility index (Phi) is 3.50. The number of amides is 1. The summed E-state index contributed by atoms with van der Waals surface area (Å²) in [7, 11) is 0. The fourth-order valence-corrected chi connectivity index (χ4v) is 1.76. The summed E-state index contributed by atoms with van der Waals surface area (Å²) in [5, 5.41) is 8.20. The van der Waals surface area contributed by atoms with Gasteiger partial charge >= 0.3 is 0 Å². The van der Waals surface area contributed by atoms with Crippen molar-refractivity contribution in [1.82, 2.24) is 24.5 Å². The molecule has 0 atom stereocenters. The number of aromatic nitrogens is 5. The summed E-state index contributed by atoms with van der Waals surface area (Å²) in [6.07, 6.45) is 3.06. The number of hydrogen-bond acceptors (Lipinski definition) is 5. The van der Waals surface area contributed by atoms with Gasteiger partial charge in [0.25, 0.3) is 5.91 Å². The number of carbonyl (C=O) groups excluding carboxylic acids is 1. The number of rotatable bonds is 5. The molecule has 0 aliphatic rings. The Morgan fingerprint density at radius 1 is 1.47 bits per heavy atom. The fourth-order valence-electron chi connectivity index (χ4n) is 1.76. The number of carbonyl (C=O) groups is 1. The second kappa shape index (κ2) is 5.09. The number of nitrogens with zero attached hydrogens (tertiary/aromatic N) is 5. The molecule has 102 valence electrons. The number of nitrogens with two attached hydrogens (primary N) is 2. The molecule has 8 heteroatoms. The molecule has 2 rings (SSSR count). The molecule has 0 bridgehead atoms. The smallest absolute Gasteiger partial charge is 0.271 e. The third kappa shape index (κ3) is 2.90. The van der Waals surface area contributed by atoms with Gasteiger partial charge in [-0.1, -0.05) is 13.8 Å². The van der Waals surface area contributed by atoms with Crippen LogP contribution >= 0.6 is 0 Å². The van der Waals surface area contributed by atoms with Gasteiger partial charge in [0.15, 0.2) is 5.69 Å². The molecule has 0 fully saturated rings. The summed E-state index contributed by atoms with van der Waals surface area (Å²) in [6.45, 7) is 5.37. The molecule has 0 aliphatic heterocycles. The predicted octanol–water partition coefficient (Wildman–Crippen LogP) is -0.140. The molecule has 0 saturated carbocycles. The molecule has 19 heavy (non-hydrogen) atoms. The normalized spacial score (nSPS) is 11.1. The van der Waals surface area contributed by atoms with E-state index in [-0.39, 0.29) is 11.4 Å². The van der Waals surface area contributed by atoms with E-state index in [2.05, 4.69) is 29.0 Å². The van der Waals surface area contributed by atoms with Crippen molar-refractivity contribution < 1.29 is 4.79 Å². The number of nitrogen functional groups attached to an aromatic ring is 1. The van der Waals surface area contributed by atoms with Crippen LogP contribution in [0, 0.1) is 5.92 Å². The minimum Gasteiger partial charge on any atom is -0.396 e. The highest BCUT2D eigenvalue weighted by Gasteiger charge is 2.13. The monoisotopic (exact) mass is 263 g/mol. The van der Waals surface area contributed by atoms with E-state index in [1.54, 1.807) is 6.20 Å². The van der Waals surface area contributed by atoms with E-state index in [0.29, 0.717) is 12.5 Å². The van der Waals surface area contributed by atoms with Gasteiger partial charge in [-0.3, -0.25) is 9.48 Å². The molecule has 0 radical (unpaired) electrons. The SMILES string of the molecule is CC(C)Cn1ncnc1Cn1cc(N)c(C(N)=O)n1. The van der Waals surface area contributed by atoms with E-state index in [1.807, 2.05) is 4.68 Å². The second-order valence-electron chi connectivity index (χ2n) is 4.75. The summed E-state index contributed by atoms with van der Waals surface area (Å²) in [6, 6.07) is 0. The lowest BCUT2D eigenvalue weighted by Crippen LogP contribution is -2.16. The quantitative estimate of drug-likeness (QED) is 0.778. The van der Waals surface area contributed by atoms with Crippen molar-refractivity contribution in [3.05, 3.63) is 24.0 Å². The maximum Gasteiger partial charge on any atom is 0.271 e. The minimum atomic E-state index is -0.639. The molecule has 2 aromatic heterocycles. The lowest BCUT2D eigenvalue weighted by molar-refractivity contribution is 0.0995. The van der Waals surface area contributed by atoms with Crippen LogP contribution in [0.1, 0.15) is 30.2 Å². The third-order valence-electron chi connectivity index (χ3n) is 2.56. The first-order valence-corrected chi connectivity index (χ1v) is 5.96. The van der Waals surface area contributed by atoms with Crippen molar-refractivity contribution in [2.75, 3.05) is 5.73 Å². The van der Waals surface area contributed by atoms with Crippen LogP contribution in [0.15, 0.2) is 12.5 Å². The molecule has 4 N–H and O–H groups in total. The Balaban J connectivity index is 2.19. The minimum absolute atomic E-state index is 0.0786. The summed E-state index contributed by atoms with van der Waals surface area (Å²) in [4.78, 5) is 15.3. The van der Waals surface area contributed by atoms with Crippen molar-refractivity contribution in [2.45, 2.75) is 26.9 Å². The molecule has 0 aromatic carbocycles. The second-order valence-corrected chi connectivity index (χ2v) is 4.75. The molecule has 0 saturated heterocycles. The van der Waals surface area contributed by atoms with E-state index in [4.69, 9.17) is 11.5 Å². The van der Waals surface area contributed by atoms with Gasteiger partial charge in [-0.15, -0.1) is 0 Å². The van der Waals surface area contributed by atoms with Gasteiger partial charge in [0.2, 0.25) is 0 Å². The van der Waals surface area contributed by atoms with Crippen LogP contribution in [0.4, 0.5) is 5.69 Å². The van der Waals surface area contributed by atoms with Gasteiger partial charge in [-0.2, -0.15) is 10.2 Å². The van der Waals surface area contributed by atoms with Crippen molar-refractivity contribution in [2.24, 2.45) is 11.7 Å². The zero-order valence-electron chi connectivity index (χ0n) is 10.9. The molecule has 8 nitrogen and oxygen atoms in total. The van der Waals surface area contributed by atoms with Crippen molar-refractivity contribution in [3.8, 4) is 0 Å². The maximum atomic E-state index is 11.1. The lowest BCUT2D eigenvalue weighted by Gasteiger charge is -2.08. The highest BCUT2D eigenvalue weighted by Crippen LogP contribution is 2.10. The summed E-state index contributed by atoms with van der Waals surface area (Å²) < 4.78 is 3.35. The maximum absolute atomic E-state index is 11.1. The molecular weight excluding hydrogens is 246 g/mol. The highest BCUT2D eigenvalue weighted by atomic mass is 16.1. The first-order valence-electron chi connectivity index (χ1n) is 5.96. The molecule has 0 unspecified atom stereocenters. The van der Waals surface area contributed by atoms with E-state index < -0.39 is 5.91 Å². The van der Waals surface area contributed by atoms with Crippen molar-refractivity contribution in [3.63, 3.8) is 0 Å². The van der Waals surface area contributed by atoms with Crippen LogP contribution < -0.4 is 11.5 Å². The molecule has 2 heterocycles. The van der Waals surface area contributed by atoms with Crippen LogP contribution in [0.25, 0.3) is 0 Å². The van der Waals surface area contributed by atoms with E-state index in [9.17, 15) is 4.79 Å². The van der Waals surface area contributed by atoms with E-state index in [1.165, 1.54) is 11.0 Å². The molecule has 1 amide bonds. The Hall–Kier alpha value is -2.38. The van der Waals surface area contributed by atoms with Crippen LogP contribution in [-0.4, -0.2) is 30.5 Å². The van der Waals surface area contributed by atoms with Crippen LogP contribution in [0.5, 0.6) is 0 Å². The van der Waals surface area contributed by atoms with Crippen LogP contribution in [-0.2, 0) is 13.1 Å². The highest BCUT2D eigenvalue weighted by molar-refractivity contribution is 5.95. The lowest BCUT2D eigenvalue weighted by atomic mass is 10.2. The van der Waals surface area contributed by atoms with Gasteiger partial charge in [-0.05, 0) is 5.92 Å². The zero-order valence-corrected chi connectivity index (χ0v) is 10.9. The van der Waals surface area contributed by atoms with Gasteiger partial charge in [0, 0.05) is 12.7 Å². The summed E-state index contributed by atoms with van der Waals surface area (Å²) >= 11 is 0. The fraction of sp³-hybridized carbons (Fsp3) is 0.455. The number of primary amides is 1. The van der Waals surface area contributed by atoms with Crippen LogP contribution in [0.3, 0.4) is 0 Å². The molecule has 2 aromatic rings. The van der Waals surface area contributed by atoms with E-state index >= 15 is 0 Å². The summed E-state index contributed by atoms with van der Waals surface area (Å²) in [5.74, 6) is 0.580. The zero-order chi connectivity index (χ0) is 14.0. The topological polar surface area (TPSA) is 118 Å². The molecule has 0 spiro atoms. The van der Waals surface area contributed by atoms with Crippen LogP contribution in [0.2, 0.25) is 0 Å². The third-order valence-corrected chi connectivity index (χ3v) is 2.56. The van der Waals surface area contributed by atoms with Crippen molar-refractivity contribution in [1.29, 1.82) is 0 Å².